The number of fused-ring (bicyclic) bond motifs is 1. The van der Waals surface area contributed by atoms with Crippen LogP contribution in [0.2, 0.25) is 0 Å². The summed E-state index contributed by atoms with van der Waals surface area (Å²) >= 11 is 3.39. The molecule has 7 nitrogen and oxygen atoms in total. The summed E-state index contributed by atoms with van der Waals surface area (Å²) in [4.78, 5) is 20.1. The molecule has 2 rings (SSSR count). The molecule has 4 N–H and O–H groups in total. The number of halogens is 1. The maximum atomic E-state index is 11.1. The molecule has 0 radical (unpaired) electrons. The first-order valence-corrected chi connectivity index (χ1v) is 10.7. The fraction of sp³-hybridized carbons (Fsp3) is 0.318. The largest absolute Gasteiger partial charge is 0.361 e. The first-order valence-electron chi connectivity index (χ1n) is 9.90. The Morgan fingerprint density at radius 3 is 2.83 bits per heavy atom. The number of hydroxylamine groups is 3. The van der Waals surface area contributed by atoms with Crippen LogP contribution in [0.25, 0.3) is 10.9 Å². The summed E-state index contributed by atoms with van der Waals surface area (Å²) in [6.45, 7) is 6.31. The molecule has 162 valence electrons. The van der Waals surface area contributed by atoms with Gasteiger partial charge in [-0.25, -0.2) is 16.0 Å². The van der Waals surface area contributed by atoms with Crippen LogP contribution >= 0.6 is 15.9 Å². The van der Waals surface area contributed by atoms with E-state index in [1.165, 1.54) is 0 Å². The third-order valence-corrected chi connectivity index (χ3v) is 5.06. The molecule has 1 heterocycles. The lowest BCUT2D eigenvalue weighted by atomic mass is 10.1. The van der Waals surface area contributed by atoms with Crippen molar-refractivity contribution in [1.29, 1.82) is 0 Å². The van der Waals surface area contributed by atoms with Crippen LogP contribution in [0, 0.1) is 0 Å². The van der Waals surface area contributed by atoms with Gasteiger partial charge < -0.3 is 4.98 Å². The highest BCUT2D eigenvalue weighted by atomic mass is 79.9. The van der Waals surface area contributed by atoms with Crippen molar-refractivity contribution in [2.45, 2.75) is 39.0 Å². The van der Waals surface area contributed by atoms with E-state index in [1.807, 2.05) is 48.5 Å². The van der Waals surface area contributed by atoms with Crippen molar-refractivity contribution in [2.75, 3.05) is 11.6 Å². The molecule has 0 bridgehead atoms. The van der Waals surface area contributed by atoms with E-state index in [4.69, 9.17) is 10.1 Å². The molecule has 0 spiro atoms. The van der Waals surface area contributed by atoms with Crippen LogP contribution in [-0.2, 0) is 9.73 Å². The number of benzene rings is 1. The summed E-state index contributed by atoms with van der Waals surface area (Å²) in [5.41, 5.74) is 7.50. The first kappa shape index (κ1) is 23.7. The summed E-state index contributed by atoms with van der Waals surface area (Å²) in [7, 11) is 0. The topological polar surface area (TPSA) is 89.6 Å². The minimum absolute atomic E-state index is 0.334. The monoisotopic (exact) mass is 476 g/mol. The van der Waals surface area contributed by atoms with Crippen molar-refractivity contribution in [1.82, 2.24) is 15.9 Å². The lowest BCUT2D eigenvalue weighted by molar-refractivity contribution is -0.129. The van der Waals surface area contributed by atoms with E-state index in [0.717, 1.165) is 52.5 Å². The number of allylic oxidation sites excluding steroid dienone is 5. The number of H-pyrrole nitrogens is 1. The van der Waals surface area contributed by atoms with Crippen molar-refractivity contribution in [3.63, 3.8) is 0 Å². The third-order valence-electron chi connectivity index (χ3n) is 4.47. The van der Waals surface area contributed by atoms with Crippen LogP contribution in [0.5, 0.6) is 0 Å². The number of carbonyl (C=O) groups is 1. The Hall–Kier alpha value is -2.55. The lowest BCUT2D eigenvalue weighted by Gasteiger charge is -2.24. The summed E-state index contributed by atoms with van der Waals surface area (Å²) in [5.74, 6) is -0.344. The molecule has 0 fully saturated rings. The molecule has 1 amide bonds. The molecule has 1 aromatic heterocycles. The van der Waals surface area contributed by atoms with Gasteiger partial charge in [0.2, 0.25) is 5.91 Å². The smallest absolute Gasteiger partial charge is 0.243 e. The number of amides is 1. The molecule has 8 heteroatoms. The van der Waals surface area contributed by atoms with E-state index in [9.17, 15) is 4.79 Å². The van der Waals surface area contributed by atoms with Gasteiger partial charge in [-0.15, -0.1) is 0 Å². The highest BCUT2D eigenvalue weighted by molar-refractivity contribution is 9.11. The molecule has 0 aliphatic carbocycles. The number of aromatic nitrogens is 1. The van der Waals surface area contributed by atoms with Crippen molar-refractivity contribution < 1.29 is 14.9 Å². The van der Waals surface area contributed by atoms with E-state index < -0.39 is 0 Å². The fourth-order valence-corrected chi connectivity index (χ4v) is 2.94. The summed E-state index contributed by atoms with van der Waals surface area (Å²) in [6.07, 6.45) is 11.2. The van der Waals surface area contributed by atoms with Gasteiger partial charge in [-0.2, -0.15) is 4.94 Å². The summed E-state index contributed by atoms with van der Waals surface area (Å²) in [6, 6.07) is 8.15. The molecular formula is C22H29BrN4O3. The lowest BCUT2D eigenvalue weighted by Crippen LogP contribution is -2.31. The Morgan fingerprint density at radius 2 is 2.07 bits per heavy atom. The van der Waals surface area contributed by atoms with Gasteiger partial charge in [0.05, 0.1) is 5.69 Å². The van der Waals surface area contributed by atoms with E-state index in [2.05, 4.69) is 39.0 Å². The van der Waals surface area contributed by atoms with Crippen LogP contribution in [0.3, 0.4) is 0 Å². The quantitative estimate of drug-likeness (QED) is 0.137. The minimum Gasteiger partial charge on any atom is -0.361 e. The predicted molar refractivity (Wildman–Crippen MR) is 124 cm³/mol. The molecule has 0 atom stereocenters. The number of anilines is 1. The number of unbranched alkanes of at least 4 members (excludes halogenated alkanes) is 3. The second-order valence-corrected chi connectivity index (χ2v) is 7.76. The number of hydrogen-bond acceptors (Lipinski definition) is 5. The van der Waals surface area contributed by atoms with Gasteiger partial charge in [-0.05, 0) is 56.2 Å². The van der Waals surface area contributed by atoms with Gasteiger partial charge in [0.25, 0.3) is 0 Å². The van der Waals surface area contributed by atoms with Gasteiger partial charge in [0.15, 0.2) is 0 Å². The number of nitrogens with zero attached hydrogens (tertiary/aromatic N) is 1. The number of carbonyl (C=O) groups excluding carboxylic acids is 1. The second-order valence-electron chi connectivity index (χ2n) is 6.85. The van der Waals surface area contributed by atoms with Gasteiger partial charge in [0.1, 0.15) is 0 Å². The predicted octanol–water partition coefficient (Wildman–Crippen LogP) is 5.24. The maximum Gasteiger partial charge on any atom is 0.243 e. The standard InChI is InChI=1S/C22H29BrN4O3/c1-3-19(23)10-9-17(2)26-30-27(15-7-5-4-6-8-22(28)25-29)20-11-12-21-18(16-20)13-14-24-21/h3,9-14,16,24,26,29H,1,4-8,15H2,2H3,(H,25,28)/b17-9+,19-10+. The second kappa shape index (κ2) is 12.9. The van der Waals surface area contributed by atoms with Crippen molar-refractivity contribution in [2.24, 2.45) is 0 Å². The molecular weight excluding hydrogens is 448 g/mol. The van der Waals surface area contributed by atoms with Crippen molar-refractivity contribution in [3.8, 4) is 0 Å². The van der Waals surface area contributed by atoms with Crippen LogP contribution in [-0.4, -0.2) is 22.6 Å². The van der Waals surface area contributed by atoms with Crippen LogP contribution in [0.4, 0.5) is 5.69 Å². The number of nitrogens with one attached hydrogen (secondary N) is 3. The van der Waals surface area contributed by atoms with Gasteiger partial charge in [-0.1, -0.05) is 41.4 Å². The Morgan fingerprint density at radius 1 is 1.27 bits per heavy atom. The Labute approximate surface area is 185 Å². The Kier molecular flexibility index (Phi) is 10.2. The Bertz CT molecular complexity index is 891. The molecule has 0 aliphatic heterocycles. The first-order chi connectivity index (χ1) is 14.5. The van der Waals surface area contributed by atoms with Gasteiger partial charge in [0, 0.05) is 40.2 Å². The van der Waals surface area contributed by atoms with E-state index in [-0.39, 0.29) is 5.91 Å². The number of rotatable bonds is 13. The summed E-state index contributed by atoms with van der Waals surface area (Å²) < 4.78 is 0.883. The number of aromatic amines is 1. The maximum absolute atomic E-state index is 11.1. The van der Waals surface area contributed by atoms with Crippen LogP contribution < -0.4 is 16.0 Å². The zero-order valence-electron chi connectivity index (χ0n) is 17.2. The van der Waals surface area contributed by atoms with Crippen molar-refractivity contribution >= 4 is 38.4 Å². The summed E-state index contributed by atoms with van der Waals surface area (Å²) in [5, 5.41) is 11.5. The molecule has 30 heavy (non-hydrogen) atoms. The minimum atomic E-state index is -0.344. The van der Waals surface area contributed by atoms with E-state index in [0.29, 0.717) is 13.0 Å². The molecule has 2 aromatic rings. The average molecular weight is 477 g/mol. The zero-order valence-corrected chi connectivity index (χ0v) is 18.7. The highest BCUT2D eigenvalue weighted by Gasteiger charge is 2.09. The normalized spacial score (nSPS) is 12.1. The average Bonchev–Trinajstić information content (AvgIpc) is 3.23. The van der Waals surface area contributed by atoms with E-state index in [1.54, 1.807) is 11.6 Å². The Balaban J connectivity index is 1.95. The zero-order chi connectivity index (χ0) is 21.8. The molecule has 0 saturated carbocycles. The van der Waals surface area contributed by atoms with Gasteiger partial charge >= 0.3 is 0 Å². The van der Waals surface area contributed by atoms with E-state index >= 15 is 0 Å². The van der Waals surface area contributed by atoms with Gasteiger partial charge in [-0.3, -0.25) is 10.0 Å². The van der Waals surface area contributed by atoms with Crippen molar-refractivity contribution in [3.05, 3.63) is 65.4 Å². The van der Waals surface area contributed by atoms with Crippen LogP contribution in [0.1, 0.15) is 39.0 Å². The number of hydrogen-bond donors (Lipinski definition) is 4. The highest BCUT2D eigenvalue weighted by Crippen LogP contribution is 2.22. The molecule has 0 saturated heterocycles. The SMILES string of the molecule is C=C/C(Br)=C\C=C(/C)NON(CCCCCCC(=O)NO)c1ccc2[nH]ccc2c1. The van der Waals surface area contributed by atoms with Crippen LogP contribution in [0.15, 0.2) is 65.4 Å². The molecule has 0 aliphatic rings. The third kappa shape index (κ3) is 8.06. The molecule has 1 aromatic carbocycles. The fourth-order valence-electron chi connectivity index (χ4n) is 2.81. The molecule has 0 unspecified atom stereocenters.